The van der Waals surface area contributed by atoms with Crippen LogP contribution in [-0.2, 0) is 51.4 Å². The van der Waals surface area contributed by atoms with Gasteiger partial charge in [-0.1, -0.05) is 0 Å². The van der Waals surface area contributed by atoms with Crippen molar-refractivity contribution in [2.45, 2.75) is 31.4 Å². The summed E-state index contributed by atoms with van der Waals surface area (Å²) in [5, 5.41) is -0.749. The van der Waals surface area contributed by atoms with E-state index in [4.69, 9.17) is 19.9 Å². The summed E-state index contributed by atoms with van der Waals surface area (Å²) in [5.74, 6) is -0.190. The molecule has 5 aromatic rings. The van der Waals surface area contributed by atoms with Crippen molar-refractivity contribution in [3.05, 3.63) is 101 Å². The number of fused-ring (bicyclic) bond motifs is 2. The molecule has 6 rings (SSSR count). The smallest absolute Gasteiger partial charge is 0.398 e. The fourth-order valence-electron chi connectivity index (χ4n) is 5.49. The molecule has 1 fully saturated rings. The van der Waals surface area contributed by atoms with Crippen molar-refractivity contribution in [2.24, 2.45) is 5.92 Å². The number of nitrogens with zero attached hydrogens (tertiary/aromatic N) is 3. The van der Waals surface area contributed by atoms with E-state index in [0.29, 0.717) is 37.4 Å². The van der Waals surface area contributed by atoms with E-state index in [0.717, 1.165) is 29.2 Å². The number of sulfonamides is 2. The molecule has 4 heterocycles. The van der Waals surface area contributed by atoms with Crippen LogP contribution in [0.15, 0.2) is 61.9 Å². The Bertz CT molecular complexity index is 2960. The molecule has 2 aromatic carbocycles. The van der Waals surface area contributed by atoms with E-state index in [1.807, 2.05) is 9.97 Å². The van der Waals surface area contributed by atoms with Gasteiger partial charge in [-0.2, -0.15) is 35.7 Å². The topological polar surface area (TPSA) is 295 Å². The van der Waals surface area contributed by atoms with E-state index in [-0.39, 0.29) is 37.9 Å². The summed E-state index contributed by atoms with van der Waals surface area (Å²) in [7, 11) is -4.91. The number of methoxy groups -OCH3 is 2. The number of ether oxygens (including phenoxy) is 3. The summed E-state index contributed by atoms with van der Waals surface area (Å²) in [5.41, 5.74) is -3.89. The third kappa shape index (κ3) is 11.3. The van der Waals surface area contributed by atoms with Crippen LogP contribution in [0.4, 0.5) is 32.0 Å². The number of nitrogen functional groups attached to an aromatic ring is 1. The van der Waals surface area contributed by atoms with Crippen LogP contribution in [0.5, 0.6) is 0 Å². The number of alkyl halides is 6. The van der Waals surface area contributed by atoms with Gasteiger partial charge in [0.2, 0.25) is 20.0 Å². The summed E-state index contributed by atoms with van der Waals surface area (Å²) in [6.45, 7) is 0. The molecule has 0 saturated carbocycles. The van der Waals surface area contributed by atoms with Gasteiger partial charge in [-0.15, -0.1) is 0 Å². The van der Waals surface area contributed by atoms with Crippen LogP contribution in [0.2, 0.25) is 0 Å². The molecule has 3 unspecified atom stereocenters. The Labute approximate surface area is 336 Å². The Balaban J connectivity index is 0.000000220. The second kappa shape index (κ2) is 17.7. The lowest BCUT2D eigenvalue weighted by atomic mass is 10.1. The highest BCUT2D eigenvalue weighted by Gasteiger charge is 2.36. The number of nitrogens with one attached hydrogen (secondary N) is 4. The number of carbonyl (C=O) groups excluding carboxylic acids is 2. The highest BCUT2D eigenvalue weighted by molar-refractivity contribution is 7.91. The highest BCUT2D eigenvalue weighted by Crippen LogP contribution is 2.36. The molecule has 21 nitrogen and oxygen atoms in total. The summed E-state index contributed by atoms with van der Waals surface area (Å²) in [4.78, 5) is 76.7. The standard InChI is InChI=1S/C15H11F3N4O5S.C10H9F3N4O4S.C7H12O4/c1-28(26,27)20-22-13(24)9-4-12(21-3-2-8(6-21)7-23)10(15(16,17)18)5-11(9)19-14(22)25;1-22(20,21)16-17-8(18)4-2-6(14)5(10(11,12)13)3-7(4)15-9(17)19;1-9-6-3-5(4-8)7(10-2)11-6/h2-7,20H,1H3,(H,19,25);2-3,16H,14H2,1H3,(H,15,19);4-7H,3H2,1-2H3. The average Bonchev–Trinajstić information content (AvgIpc) is 3.81. The fourth-order valence-corrected chi connectivity index (χ4v) is 6.49. The number of halogens is 6. The van der Waals surface area contributed by atoms with Crippen molar-refractivity contribution in [2.75, 3.05) is 42.1 Å². The Morgan fingerprint density at radius 2 is 1.30 bits per heavy atom. The maximum Gasteiger partial charge on any atom is 0.418 e. The van der Waals surface area contributed by atoms with Crippen LogP contribution < -0.4 is 37.9 Å². The van der Waals surface area contributed by atoms with Gasteiger partial charge in [0, 0.05) is 44.3 Å². The van der Waals surface area contributed by atoms with E-state index < -0.39 is 94.7 Å². The number of benzene rings is 2. The first-order chi connectivity index (χ1) is 28.1. The van der Waals surface area contributed by atoms with E-state index >= 15 is 0 Å². The minimum absolute atomic E-state index is 0.103. The lowest BCUT2D eigenvalue weighted by Gasteiger charge is -2.15. The monoisotopic (exact) mass is 914 g/mol. The van der Waals surface area contributed by atoms with Crippen LogP contribution in [0.25, 0.3) is 27.5 Å². The zero-order valence-electron chi connectivity index (χ0n) is 31.4. The first-order valence-corrected chi connectivity index (χ1v) is 20.2. The number of hydrogen-bond donors (Lipinski definition) is 5. The number of aldehydes is 2. The predicted octanol–water partition coefficient (Wildman–Crippen LogP) is 0.776. The van der Waals surface area contributed by atoms with Gasteiger partial charge in [-0.3, -0.25) is 14.4 Å². The third-order valence-corrected chi connectivity index (χ3v) is 9.14. The number of hydrogen-bond acceptors (Lipinski definition) is 14. The van der Waals surface area contributed by atoms with Gasteiger partial charge >= 0.3 is 23.7 Å². The maximum atomic E-state index is 13.5. The zero-order chi connectivity index (χ0) is 46.0. The van der Waals surface area contributed by atoms with Gasteiger partial charge in [0.15, 0.2) is 18.9 Å². The Morgan fingerprint density at radius 1 is 0.803 bits per heavy atom. The molecule has 6 N–H and O–H groups in total. The number of carbonyl (C=O) groups is 2. The number of nitrogens with two attached hydrogens (primary N) is 1. The molecule has 0 radical (unpaired) electrons. The highest BCUT2D eigenvalue weighted by atomic mass is 32.2. The van der Waals surface area contributed by atoms with Crippen LogP contribution in [0.3, 0.4) is 0 Å². The summed E-state index contributed by atoms with van der Waals surface area (Å²) in [6.07, 6.45) is -4.77. The molecule has 1 aliphatic rings. The van der Waals surface area contributed by atoms with Crippen LogP contribution >= 0.6 is 0 Å². The molecule has 1 saturated heterocycles. The Kier molecular flexibility index (Phi) is 13.8. The minimum Gasteiger partial charge on any atom is -0.398 e. The lowest BCUT2D eigenvalue weighted by molar-refractivity contribution is -0.192. The van der Waals surface area contributed by atoms with Crippen molar-refractivity contribution in [3.63, 3.8) is 0 Å². The normalized spacial score (nSPS) is 16.9. The van der Waals surface area contributed by atoms with Crippen LogP contribution in [0.1, 0.15) is 27.9 Å². The Morgan fingerprint density at radius 3 is 1.69 bits per heavy atom. The molecular weight excluding hydrogens is 883 g/mol. The number of aromatic nitrogens is 5. The second-order valence-electron chi connectivity index (χ2n) is 12.7. The second-order valence-corrected chi connectivity index (χ2v) is 16.1. The lowest BCUT2D eigenvalue weighted by Crippen LogP contribution is -2.43. The predicted molar refractivity (Wildman–Crippen MR) is 202 cm³/mol. The number of anilines is 1. The summed E-state index contributed by atoms with van der Waals surface area (Å²) in [6, 6.07) is 3.92. The van der Waals surface area contributed by atoms with Crippen molar-refractivity contribution < 1.29 is 67.0 Å². The fraction of sp³-hybridized carbons (Fsp3) is 0.312. The molecular formula is C32H32F6N8O13S2. The molecule has 332 valence electrons. The van der Waals surface area contributed by atoms with E-state index in [1.165, 1.54) is 19.4 Å². The summed E-state index contributed by atoms with van der Waals surface area (Å²) < 4.78 is 140. The molecule has 0 aliphatic carbocycles. The Hall–Kier alpha value is -6.30. The maximum absolute atomic E-state index is 13.5. The molecule has 3 atom stereocenters. The first-order valence-electron chi connectivity index (χ1n) is 16.4. The van der Waals surface area contributed by atoms with Crippen molar-refractivity contribution >= 4 is 60.1 Å². The molecule has 1 aliphatic heterocycles. The average molecular weight is 915 g/mol. The van der Waals surface area contributed by atoms with E-state index in [1.54, 1.807) is 16.8 Å². The molecule has 0 spiro atoms. The van der Waals surface area contributed by atoms with Crippen molar-refractivity contribution in [3.8, 4) is 5.69 Å². The largest absolute Gasteiger partial charge is 0.418 e. The van der Waals surface area contributed by atoms with Gasteiger partial charge in [-0.25, -0.2) is 36.1 Å². The first kappa shape index (κ1) is 47.4. The van der Waals surface area contributed by atoms with Gasteiger partial charge in [-0.05, 0) is 30.3 Å². The molecule has 61 heavy (non-hydrogen) atoms. The van der Waals surface area contributed by atoms with E-state index in [9.17, 15) is 71.9 Å². The minimum atomic E-state index is -4.84. The SMILES string of the molecule is COC1CC(C=O)C(OC)O1.CS(=O)(=O)Nn1c(=O)[nH]c2cc(C(F)(F)F)c(-n3ccc(C=O)c3)cc2c1=O.CS(=O)(=O)Nn1c(=O)[nH]c2cc(C(F)(F)F)c(N)cc2c1=O. The van der Waals surface area contributed by atoms with Crippen molar-refractivity contribution in [1.82, 2.24) is 23.9 Å². The zero-order valence-corrected chi connectivity index (χ0v) is 33.1. The third-order valence-electron chi connectivity index (χ3n) is 8.11. The van der Waals surface area contributed by atoms with E-state index in [2.05, 4.69) is 0 Å². The van der Waals surface area contributed by atoms with Gasteiger partial charge < -0.3 is 39.3 Å². The molecule has 29 heteroatoms. The van der Waals surface area contributed by atoms with Crippen LogP contribution in [-0.4, -0.2) is 92.6 Å². The van der Waals surface area contributed by atoms with Gasteiger partial charge in [0.25, 0.3) is 11.1 Å². The molecule has 3 aromatic heterocycles. The number of aromatic amines is 2. The van der Waals surface area contributed by atoms with Crippen molar-refractivity contribution in [1.29, 1.82) is 0 Å². The molecule has 0 amide bonds. The number of H-pyrrole nitrogens is 2. The molecule has 0 bridgehead atoms. The number of rotatable bonds is 9. The quantitative estimate of drug-likeness (QED) is 0.0776. The van der Waals surface area contributed by atoms with Gasteiger partial charge in [0.05, 0.1) is 57.0 Å². The van der Waals surface area contributed by atoms with Gasteiger partial charge in [0.1, 0.15) is 6.29 Å². The summed E-state index contributed by atoms with van der Waals surface area (Å²) >= 11 is 0. The van der Waals surface area contributed by atoms with Crippen LogP contribution in [0, 0.1) is 5.92 Å².